The molecule has 0 N–H and O–H groups in total. The van der Waals surface area contributed by atoms with Gasteiger partial charge in [-0.1, -0.05) is 18.2 Å². The molecule has 3 heterocycles. The highest BCUT2D eigenvalue weighted by atomic mass is 127. The maximum absolute atomic E-state index is 12.7. The summed E-state index contributed by atoms with van der Waals surface area (Å²) in [5.74, 6) is -0.0904. The number of carbonyl (C=O) groups is 2. The van der Waals surface area contributed by atoms with E-state index in [1.807, 2.05) is 64.6 Å². The van der Waals surface area contributed by atoms with E-state index in [1.165, 1.54) is 14.5 Å². The second-order valence-electron chi connectivity index (χ2n) is 5.51. The molecule has 0 saturated heterocycles. The molecule has 0 spiro atoms. The Hall–Kier alpha value is -1.86. The van der Waals surface area contributed by atoms with Gasteiger partial charge in [-0.3, -0.25) is 9.59 Å². The highest BCUT2D eigenvalue weighted by Crippen LogP contribution is 2.28. The van der Waals surface area contributed by atoms with Crippen LogP contribution >= 0.6 is 56.8 Å². The Morgan fingerprint density at radius 2 is 2.00 bits per heavy atom. The number of fused-ring (bicyclic) bond motifs is 1. The predicted molar refractivity (Wildman–Crippen MR) is 122 cm³/mol. The summed E-state index contributed by atoms with van der Waals surface area (Å²) in [6.07, 6.45) is 3.21. The Balaban J connectivity index is 1.82. The number of rotatable bonds is 4. The SMILES string of the molecule is O=C(c1cccs1)c1cnn2c(-c3cccc(N(I)C(=O)I)c3)ccnc12. The molecule has 6 nitrogen and oxygen atoms in total. The molecule has 1 aromatic carbocycles. The van der Waals surface area contributed by atoms with Gasteiger partial charge in [-0.2, -0.15) is 5.10 Å². The van der Waals surface area contributed by atoms with Crippen LogP contribution in [0.5, 0.6) is 0 Å². The minimum atomic E-state index is -0.0904. The zero-order chi connectivity index (χ0) is 19.0. The summed E-state index contributed by atoms with van der Waals surface area (Å²) >= 11 is 5.10. The van der Waals surface area contributed by atoms with E-state index < -0.39 is 0 Å². The number of thiophene rings is 1. The number of hydrogen-bond acceptors (Lipinski definition) is 5. The fraction of sp³-hybridized carbons (Fsp3) is 0. The maximum Gasteiger partial charge on any atom is 0.296 e. The molecule has 0 bridgehead atoms. The molecule has 0 saturated carbocycles. The van der Waals surface area contributed by atoms with Gasteiger partial charge in [0.1, 0.15) is 0 Å². The molecular formula is C18H10I2N4O2S. The second kappa shape index (κ2) is 7.64. The Morgan fingerprint density at radius 3 is 2.74 bits per heavy atom. The van der Waals surface area contributed by atoms with Crippen LogP contribution in [0.2, 0.25) is 0 Å². The molecule has 1 amide bonds. The number of halogens is 2. The van der Waals surface area contributed by atoms with Crippen molar-refractivity contribution in [2.75, 3.05) is 3.11 Å². The van der Waals surface area contributed by atoms with Crippen molar-refractivity contribution in [1.82, 2.24) is 14.6 Å². The summed E-state index contributed by atoms with van der Waals surface area (Å²) in [4.78, 5) is 29.4. The van der Waals surface area contributed by atoms with Crippen LogP contribution in [0.25, 0.3) is 16.9 Å². The quantitative estimate of drug-likeness (QED) is 0.104. The molecule has 3 aromatic heterocycles. The summed E-state index contributed by atoms with van der Waals surface area (Å²) in [7, 11) is 0. The summed E-state index contributed by atoms with van der Waals surface area (Å²) in [6.45, 7) is 0. The van der Waals surface area contributed by atoms with Gasteiger partial charge in [0.2, 0.25) is 5.78 Å². The van der Waals surface area contributed by atoms with Gasteiger partial charge in [0.15, 0.2) is 5.65 Å². The summed E-state index contributed by atoms with van der Waals surface area (Å²) in [5.41, 5.74) is 3.40. The first-order chi connectivity index (χ1) is 13.1. The average molecular weight is 600 g/mol. The van der Waals surface area contributed by atoms with Crippen molar-refractivity contribution >= 4 is 77.8 Å². The lowest BCUT2D eigenvalue weighted by atomic mass is 10.1. The molecule has 4 rings (SSSR count). The third-order valence-corrected chi connectivity index (χ3v) is 7.18. The van der Waals surface area contributed by atoms with Crippen molar-refractivity contribution in [1.29, 1.82) is 0 Å². The van der Waals surface area contributed by atoms with Crippen molar-refractivity contribution in [3.63, 3.8) is 0 Å². The lowest BCUT2D eigenvalue weighted by Gasteiger charge is -2.13. The predicted octanol–water partition coefficient (Wildman–Crippen LogP) is 5.40. The summed E-state index contributed by atoms with van der Waals surface area (Å²) < 4.78 is 3.10. The van der Waals surface area contributed by atoms with E-state index in [0.717, 1.165) is 16.9 Å². The van der Waals surface area contributed by atoms with E-state index >= 15 is 0 Å². The van der Waals surface area contributed by atoms with Crippen molar-refractivity contribution < 1.29 is 9.59 Å². The molecule has 27 heavy (non-hydrogen) atoms. The number of carbonyl (C=O) groups excluding carboxylic acids is 2. The van der Waals surface area contributed by atoms with Gasteiger partial charge in [0.25, 0.3) is 3.91 Å². The number of nitrogens with zero attached hydrogens (tertiary/aromatic N) is 4. The largest absolute Gasteiger partial charge is 0.296 e. The maximum atomic E-state index is 12.7. The van der Waals surface area contributed by atoms with Gasteiger partial charge in [-0.15, -0.1) is 11.3 Å². The van der Waals surface area contributed by atoms with Gasteiger partial charge >= 0.3 is 0 Å². The number of ketones is 1. The molecule has 0 atom stereocenters. The standard InChI is InChI=1S/C18H10I2N4O2S/c19-18(26)23(20)12-4-1-3-11(9-12)14-6-7-21-17-13(10-22-24(14)17)16(25)15-5-2-8-27-15/h1-10H. The summed E-state index contributed by atoms with van der Waals surface area (Å²) in [5, 5.41) is 6.26. The summed E-state index contributed by atoms with van der Waals surface area (Å²) in [6, 6.07) is 13.0. The normalized spacial score (nSPS) is 10.9. The number of hydrogen-bond donors (Lipinski definition) is 0. The van der Waals surface area contributed by atoms with Gasteiger partial charge < -0.3 is 0 Å². The van der Waals surface area contributed by atoms with E-state index in [4.69, 9.17) is 0 Å². The molecule has 4 aromatic rings. The first-order valence-corrected chi connectivity index (χ1v) is 10.7. The van der Waals surface area contributed by atoms with Crippen molar-refractivity contribution in [2.24, 2.45) is 0 Å². The lowest BCUT2D eigenvalue weighted by molar-refractivity contribution is 0.104. The van der Waals surface area contributed by atoms with E-state index in [9.17, 15) is 9.59 Å². The number of amides is 1. The van der Waals surface area contributed by atoms with Crippen LogP contribution in [0, 0.1) is 0 Å². The molecule has 0 aliphatic carbocycles. The Labute approximate surface area is 185 Å². The van der Waals surface area contributed by atoms with Gasteiger partial charge in [-0.05, 0) is 29.6 Å². The number of anilines is 1. The van der Waals surface area contributed by atoms with Gasteiger partial charge in [-0.25, -0.2) is 12.6 Å². The van der Waals surface area contributed by atoms with E-state index in [1.54, 1.807) is 45.6 Å². The van der Waals surface area contributed by atoms with Crippen molar-refractivity contribution in [2.45, 2.75) is 0 Å². The van der Waals surface area contributed by atoms with Crippen LogP contribution in [-0.4, -0.2) is 24.3 Å². The van der Waals surface area contributed by atoms with Gasteiger partial charge in [0.05, 0.1) is 50.9 Å². The van der Waals surface area contributed by atoms with Crippen molar-refractivity contribution in [3.05, 3.63) is 70.7 Å². The fourth-order valence-electron chi connectivity index (χ4n) is 2.70. The third kappa shape index (κ3) is 3.50. The monoisotopic (exact) mass is 600 g/mol. The van der Waals surface area contributed by atoms with Crippen LogP contribution in [0.3, 0.4) is 0 Å². The third-order valence-electron chi connectivity index (χ3n) is 3.91. The number of benzene rings is 1. The highest BCUT2D eigenvalue weighted by Gasteiger charge is 2.19. The first-order valence-electron chi connectivity index (χ1n) is 7.73. The molecule has 0 unspecified atom stereocenters. The smallest absolute Gasteiger partial charge is 0.287 e. The van der Waals surface area contributed by atoms with E-state index in [-0.39, 0.29) is 9.70 Å². The zero-order valence-electron chi connectivity index (χ0n) is 13.5. The van der Waals surface area contributed by atoms with Gasteiger partial charge in [0, 0.05) is 34.4 Å². The van der Waals surface area contributed by atoms with E-state index in [2.05, 4.69) is 10.1 Å². The molecule has 134 valence electrons. The Bertz CT molecular complexity index is 1160. The molecule has 0 aliphatic heterocycles. The topological polar surface area (TPSA) is 67.6 Å². The highest BCUT2D eigenvalue weighted by molar-refractivity contribution is 14.1. The van der Waals surface area contributed by atoms with Crippen molar-refractivity contribution in [3.8, 4) is 11.3 Å². The van der Waals surface area contributed by atoms with E-state index in [0.29, 0.717) is 16.1 Å². The van der Waals surface area contributed by atoms with Crippen LogP contribution in [0.4, 0.5) is 10.5 Å². The Kier molecular flexibility index (Phi) is 5.23. The average Bonchev–Trinajstić information content (AvgIpc) is 3.36. The first kappa shape index (κ1) is 18.5. The molecule has 0 radical (unpaired) electrons. The minimum absolute atomic E-state index is 0.0897. The van der Waals surface area contributed by atoms with Crippen LogP contribution in [-0.2, 0) is 0 Å². The Morgan fingerprint density at radius 1 is 1.15 bits per heavy atom. The second-order valence-corrected chi connectivity index (χ2v) is 8.35. The molecule has 9 heteroatoms. The van der Waals surface area contributed by atoms with Crippen LogP contribution < -0.4 is 3.11 Å². The van der Waals surface area contributed by atoms with Crippen LogP contribution in [0.1, 0.15) is 15.2 Å². The van der Waals surface area contributed by atoms with Crippen LogP contribution in [0.15, 0.2) is 60.2 Å². The fourth-order valence-corrected chi connectivity index (χ4v) is 3.96. The lowest BCUT2D eigenvalue weighted by Crippen LogP contribution is -2.10. The molecule has 0 aliphatic rings. The number of aromatic nitrogens is 3. The zero-order valence-corrected chi connectivity index (χ0v) is 18.7. The molecular weight excluding hydrogens is 590 g/mol. The minimum Gasteiger partial charge on any atom is -0.287 e. The molecule has 0 fully saturated rings.